The highest BCUT2D eigenvalue weighted by Crippen LogP contribution is 2.17. The van der Waals surface area contributed by atoms with Gasteiger partial charge in [-0.3, -0.25) is 0 Å². The van der Waals surface area contributed by atoms with Crippen LogP contribution in [0.4, 0.5) is 14.9 Å². The molecule has 0 radical (unpaired) electrons. The van der Waals surface area contributed by atoms with Gasteiger partial charge in [-0.05, 0) is 37.3 Å². The van der Waals surface area contributed by atoms with Crippen molar-refractivity contribution in [2.75, 3.05) is 11.9 Å². The van der Waals surface area contributed by atoms with E-state index < -0.39 is 0 Å². The molecule has 0 atom stereocenters. The summed E-state index contributed by atoms with van der Waals surface area (Å²) in [6.07, 6.45) is 0. The molecule has 2 amide bonds. The van der Waals surface area contributed by atoms with Crippen LogP contribution in [-0.4, -0.2) is 12.6 Å². The van der Waals surface area contributed by atoms with Crippen molar-refractivity contribution in [1.29, 1.82) is 0 Å². The van der Waals surface area contributed by atoms with Gasteiger partial charge in [0.05, 0.1) is 6.61 Å². The molecule has 0 aliphatic rings. The molecule has 2 aromatic carbocycles. The largest absolute Gasteiger partial charge is 0.494 e. The van der Waals surface area contributed by atoms with E-state index in [-0.39, 0.29) is 11.8 Å². The minimum Gasteiger partial charge on any atom is -0.494 e. The molecular weight excluding hydrogens is 271 g/mol. The van der Waals surface area contributed by atoms with Crippen molar-refractivity contribution in [2.45, 2.75) is 13.5 Å². The predicted octanol–water partition coefficient (Wildman–Crippen LogP) is 3.55. The van der Waals surface area contributed by atoms with E-state index in [2.05, 4.69) is 10.6 Å². The summed E-state index contributed by atoms with van der Waals surface area (Å²) >= 11 is 0. The van der Waals surface area contributed by atoms with Gasteiger partial charge in [-0.15, -0.1) is 0 Å². The molecule has 110 valence electrons. The number of carbonyl (C=O) groups is 1. The van der Waals surface area contributed by atoms with E-state index in [0.29, 0.717) is 18.8 Å². The molecule has 4 nitrogen and oxygen atoms in total. The maximum atomic E-state index is 12.8. The first-order chi connectivity index (χ1) is 10.2. The molecule has 0 unspecified atom stereocenters. The van der Waals surface area contributed by atoms with Gasteiger partial charge >= 0.3 is 6.03 Å². The Kier molecular flexibility index (Phi) is 5.15. The SMILES string of the molecule is CCOc1ccccc1CNC(=O)Nc1ccc(F)cc1. The molecule has 0 saturated heterocycles. The number of para-hydroxylation sites is 1. The van der Waals surface area contributed by atoms with Crippen molar-refractivity contribution in [3.8, 4) is 5.75 Å². The van der Waals surface area contributed by atoms with Gasteiger partial charge in [0, 0.05) is 17.8 Å². The fourth-order valence-electron chi connectivity index (χ4n) is 1.83. The van der Waals surface area contributed by atoms with Crippen LogP contribution in [0, 0.1) is 5.82 Å². The summed E-state index contributed by atoms with van der Waals surface area (Å²) in [7, 11) is 0. The van der Waals surface area contributed by atoms with Gasteiger partial charge in [0.1, 0.15) is 11.6 Å². The molecule has 2 aromatic rings. The minimum absolute atomic E-state index is 0.341. The van der Waals surface area contributed by atoms with Gasteiger partial charge in [-0.2, -0.15) is 0 Å². The molecular formula is C16H17FN2O2. The minimum atomic E-state index is -0.354. The molecule has 0 bridgehead atoms. The maximum Gasteiger partial charge on any atom is 0.319 e. The number of anilines is 1. The van der Waals surface area contributed by atoms with Crippen molar-refractivity contribution in [1.82, 2.24) is 5.32 Å². The summed E-state index contributed by atoms with van der Waals surface area (Å²) < 4.78 is 18.3. The van der Waals surface area contributed by atoms with Crippen LogP contribution in [0.5, 0.6) is 5.75 Å². The molecule has 0 aliphatic heterocycles. The predicted molar refractivity (Wildman–Crippen MR) is 79.9 cm³/mol. The molecule has 2 rings (SSSR count). The van der Waals surface area contributed by atoms with Crippen LogP contribution < -0.4 is 15.4 Å². The third-order valence-electron chi connectivity index (χ3n) is 2.81. The second-order valence-electron chi connectivity index (χ2n) is 4.36. The van der Waals surface area contributed by atoms with E-state index >= 15 is 0 Å². The Morgan fingerprint density at radius 1 is 1.14 bits per heavy atom. The van der Waals surface area contributed by atoms with Gasteiger partial charge in [0.15, 0.2) is 0 Å². The molecule has 0 aromatic heterocycles. The van der Waals surface area contributed by atoms with Crippen molar-refractivity contribution in [2.24, 2.45) is 0 Å². The normalized spacial score (nSPS) is 10.0. The quantitative estimate of drug-likeness (QED) is 0.884. The highest BCUT2D eigenvalue weighted by atomic mass is 19.1. The topological polar surface area (TPSA) is 50.4 Å². The Morgan fingerprint density at radius 2 is 1.86 bits per heavy atom. The number of nitrogens with one attached hydrogen (secondary N) is 2. The van der Waals surface area contributed by atoms with Gasteiger partial charge in [-0.25, -0.2) is 9.18 Å². The average molecular weight is 288 g/mol. The summed E-state index contributed by atoms with van der Waals surface area (Å²) in [5, 5.41) is 5.37. The highest BCUT2D eigenvalue weighted by Gasteiger charge is 2.05. The number of rotatable bonds is 5. The third kappa shape index (κ3) is 4.49. The van der Waals surface area contributed by atoms with Crippen LogP contribution in [0.25, 0.3) is 0 Å². The molecule has 0 heterocycles. The fraction of sp³-hybridized carbons (Fsp3) is 0.188. The van der Waals surface area contributed by atoms with E-state index in [1.54, 1.807) is 0 Å². The number of ether oxygens (including phenoxy) is 1. The van der Waals surface area contributed by atoms with E-state index in [4.69, 9.17) is 4.74 Å². The fourth-order valence-corrected chi connectivity index (χ4v) is 1.83. The van der Waals surface area contributed by atoms with Crippen LogP contribution >= 0.6 is 0 Å². The number of halogens is 1. The number of amides is 2. The lowest BCUT2D eigenvalue weighted by atomic mass is 10.2. The second-order valence-corrected chi connectivity index (χ2v) is 4.36. The average Bonchev–Trinajstić information content (AvgIpc) is 2.49. The highest BCUT2D eigenvalue weighted by molar-refractivity contribution is 5.89. The molecule has 2 N–H and O–H groups in total. The Morgan fingerprint density at radius 3 is 2.57 bits per heavy atom. The van der Waals surface area contributed by atoms with Crippen LogP contribution in [0.15, 0.2) is 48.5 Å². The first-order valence-electron chi connectivity index (χ1n) is 6.70. The van der Waals surface area contributed by atoms with Crippen molar-refractivity contribution >= 4 is 11.7 Å². The zero-order chi connectivity index (χ0) is 15.1. The van der Waals surface area contributed by atoms with E-state index in [9.17, 15) is 9.18 Å². The first-order valence-corrected chi connectivity index (χ1v) is 6.70. The Labute approximate surface area is 122 Å². The second kappa shape index (κ2) is 7.28. The summed E-state index contributed by atoms with van der Waals surface area (Å²) in [6.45, 7) is 2.83. The molecule has 21 heavy (non-hydrogen) atoms. The molecule has 0 spiro atoms. The van der Waals surface area contributed by atoms with Crippen molar-refractivity contribution in [3.63, 3.8) is 0 Å². The monoisotopic (exact) mass is 288 g/mol. The Hall–Kier alpha value is -2.56. The number of benzene rings is 2. The number of hydrogen-bond donors (Lipinski definition) is 2. The Bertz CT molecular complexity index is 599. The van der Waals surface area contributed by atoms with Crippen LogP contribution in [-0.2, 0) is 6.54 Å². The van der Waals surface area contributed by atoms with Crippen LogP contribution in [0.2, 0.25) is 0 Å². The molecule has 5 heteroatoms. The number of carbonyl (C=O) groups excluding carboxylic acids is 1. The molecule has 0 aliphatic carbocycles. The maximum absolute atomic E-state index is 12.8. The van der Waals surface area contributed by atoms with E-state index in [1.807, 2.05) is 31.2 Å². The molecule has 0 saturated carbocycles. The zero-order valence-electron chi connectivity index (χ0n) is 11.7. The summed E-state index contributed by atoms with van der Waals surface area (Å²) in [5.41, 5.74) is 1.43. The zero-order valence-corrected chi connectivity index (χ0v) is 11.7. The Balaban J connectivity index is 1.90. The van der Waals surface area contributed by atoms with Crippen molar-refractivity contribution < 1.29 is 13.9 Å². The van der Waals surface area contributed by atoms with Gasteiger partial charge in [0.25, 0.3) is 0 Å². The lowest BCUT2D eigenvalue weighted by molar-refractivity contribution is 0.251. The number of urea groups is 1. The lowest BCUT2D eigenvalue weighted by Crippen LogP contribution is -2.28. The van der Waals surface area contributed by atoms with E-state index in [1.165, 1.54) is 24.3 Å². The van der Waals surface area contributed by atoms with E-state index in [0.717, 1.165) is 11.3 Å². The van der Waals surface area contributed by atoms with Crippen LogP contribution in [0.1, 0.15) is 12.5 Å². The third-order valence-corrected chi connectivity index (χ3v) is 2.81. The summed E-state index contributed by atoms with van der Waals surface area (Å²) in [6, 6.07) is 12.8. The standard InChI is InChI=1S/C16H17FN2O2/c1-2-21-15-6-4-3-5-12(15)11-18-16(20)19-14-9-7-13(17)8-10-14/h3-10H,2,11H2,1H3,(H2,18,19,20). The van der Waals surface area contributed by atoms with Crippen LogP contribution in [0.3, 0.4) is 0 Å². The van der Waals surface area contributed by atoms with Gasteiger partial charge in [0.2, 0.25) is 0 Å². The van der Waals surface area contributed by atoms with Gasteiger partial charge < -0.3 is 15.4 Å². The summed E-state index contributed by atoms with van der Waals surface area (Å²) in [4.78, 5) is 11.8. The smallest absolute Gasteiger partial charge is 0.319 e. The summed E-state index contributed by atoms with van der Waals surface area (Å²) in [5.74, 6) is 0.411. The first kappa shape index (κ1) is 14.8. The van der Waals surface area contributed by atoms with Gasteiger partial charge in [-0.1, -0.05) is 18.2 Å². The number of hydrogen-bond acceptors (Lipinski definition) is 2. The lowest BCUT2D eigenvalue weighted by Gasteiger charge is -2.11. The molecule has 0 fully saturated rings. The van der Waals surface area contributed by atoms with Crippen molar-refractivity contribution in [3.05, 3.63) is 59.9 Å².